The van der Waals surface area contributed by atoms with Crippen molar-refractivity contribution in [3.63, 3.8) is 0 Å². The lowest BCUT2D eigenvalue weighted by atomic mass is 10.1. The van der Waals surface area contributed by atoms with Gasteiger partial charge in [0, 0.05) is 6.20 Å². The first-order valence-electron chi connectivity index (χ1n) is 6.65. The fourth-order valence-electron chi connectivity index (χ4n) is 2.18. The second kappa shape index (κ2) is 5.95. The number of carboxylic acid groups (broad SMARTS) is 1. The largest absolute Gasteiger partial charge is 0.480 e. The fourth-order valence-corrected chi connectivity index (χ4v) is 2.18. The van der Waals surface area contributed by atoms with E-state index in [2.05, 4.69) is 5.32 Å². The van der Waals surface area contributed by atoms with Crippen molar-refractivity contribution in [3.05, 3.63) is 36.3 Å². The van der Waals surface area contributed by atoms with Gasteiger partial charge in [-0.15, -0.1) is 0 Å². The number of hydrogen-bond donors (Lipinski definition) is 2. The lowest BCUT2D eigenvalue weighted by molar-refractivity contribution is -0.143. The normalized spacial score (nSPS) is 12.6. The van der Waals surface area contributed by atoms with Crippen LogP contribution in [0.25, 0.3) is 10.9 Å². The summed E-state index contributed by atoms with van der Waals surface area (Å²) in [5, 5.41) is 12.4. The number of benzene rings is 1. The van der Waals surface area contributed by atoms with E-state index in [1.807, 2.05) is 0 Å². The molecule has 21 heavy (non-hydrogen) atoms. The van der Waals surface area contributed by atoms with Gasteiger partial charge in [-0.2, -0.15) is 0 Å². The van der Waals surface area contributed by atoms with Crippen LogP contribution in [0.2, 0.25) is 0 Å². The van der Waals surface area contributed by atoms with Gasteiger partial charge < -0.3 is 15.0 Å². The number of carbonyl (C=O) groups is 2. The van der Waals surface area contributed by atoms with Crippen molar-refractivity contribution in [2.45, 2.75) is 26.4 Å². The van der Waals surface area contributed by atoms with Gasteiger partial charge in [-0.1, -0.05) is 13.8 Å². The third kappa shape index (κ3) is 3.39. The highest BCUT2D eigenvalue weighted by atomic mass is 19.1. The van der Waals surface area contributed by atoms with Crippen LogP contribution in [0.15, 0.2) is 30.5 Å². The molecule has 1 unspecified atom stereocenters. The monoisotopic (exact) mass is 292 g/mol. The predicted octanol–water partition coefficient (Wildman–Crippen LogP) is 2.01. The molecule has 0 aliphatic carbocycles. The molecule has 1 aromatic heterocycles. The third-order valence-corrected chi connectivity index (χ3v) is 3.30. The van der Waals surface area contributed by atoms with Crippen LogP contribution in [0.3, 0.4) is 0 Å². The number of aliphatic carboxylic acids is 1. The average Bonchev–Trinajstić information content (AvgIpc) is 2.78. The molecule has 2 N–H and O–H groups in total. The zero-order valence-electron chi connectivity index (χ0n) is 11.8. The summed E-state index contributed by atoms with van der Waals surface area (Å²) >= 11 is 0. The number of carbonyl (C=O) groups excluding carboxylic acids is 1. The number of aromatic nitrogens is 1. The number of halogens is 1. The summed E-state index contributed by atoms with van der Waals surface area (Å²) in [6.45, 7) is 3.39. The van der Waals surface area contributed by atoms with Crippen LogP contribution in [0.5, 0.6) is 0 Å². The van der Waals surface area contributed by atoms with Gasteiger partial charge in [0.15, 0.2) is 0 Å². The number of nitrogens with one attached hydrogen (secondary N) is 1. The van der Waals surface area contributed by atoms with E-state index in [1.165, 1.54) is 12.1 Å². The maximum Gasteiger partial charge on any atom is 0.326 e. The number of fused-ring (bicyclic) bond motifs is 1. The van der Waals surface area contributed by atoms with Crippen LogP contribution >= 0.6 is 0 Å². The molecule has 5 nitrogen and oxygen atoms in total. The summed E-state index contributed by atoms with van der Waals surface area (Å²) < 4.78 is 14.9. The molecular formula is C15H17FN2O3. The molecule has 0 aliphatic heterocycles. The van der Waals surface area contributed by atoms with Crippen molar-refractivity contribution in [3.8, 4) is 0 Å². The van der Waals surface area contributed by atoms with Crippen molar-refractivity contribution in [2.24, 2.45) is 5.92 Å². The molecule has 1 aromatic carbocycles. The molecule has 0 bridgehead atoms. The van der Waals surface area contributed by atoms with E-state index in [0.717, 1.165) is 5.39 Å². The smallest absolute Gasteiger partial charge is 0.326 e. The summed E-state index contributed by atoms with van der Waals surface area (Å²) in [5.74, 6) is -2.08. The Balaban J connectivity index is 2.14. The summed E-state index contributed by atoms with van der Waals surface area (Å²) in [6.07, 6.45) is 1.68. The maximum absolute atomic E-state index is 13.3. The van der Waals surface area contributed by atoms with Crippen molar-refractivity contribution >= 4 is 22.8 Å². The first kappa shape index (κ1) is 15.0. The Hall–Kier alpha value is -2.37. The third-order valence-electron chi connectivity index (χ3n) is 3.30. The quantitative estimate of drug-likeness (QED) is 0.885. The predicted molar refractivity (Wildman–Crippen MR) is 76.3 cm³/mol. The Morgan fingerprint density at radius 3 is 2.67 bits per heavy atom. The molecule has 2 aromatic rings. The van der Waals surface area contributed by atoms with Gasteiger partial charge >= 0.3 is 5.97 Å². The second-order valence-corrected chi connectivity index (χ2v) is 5.27. The maximum atomic E-state index is 13.3. The number of amides is 1. The molecule has 1 heterocycles. The van der Waals surface area contributed by atoms with Crippen LogP contribution < -0.4 is 5.32 Å². The van der Waals surface area contributed by atoms with Gasteiger partial charge in [0.2, 0.25) is 5.91 Å². The van der Waals surface area contributed by atoms with Crippen molar-refractivity contribution in [1.82, 2.24) is 9.88 Å². The van der Waals surface area contributed by atoms with Crippen molar-refractivity contribution in [2.75, 3.05) is 0 Å². The first-order valence-corrected chi connectivity index (χ1v) is 6.65. The van der Waals surface area contributed by atoms with E-state index < -0.39 is 17.9 Å². The number of carboxylic acids is 1. The summed E-state index contributed by atoms with van der Waals surface area (Å²) in [5.41, 5.74) is 0.599. The summed E-state index contributed by atoms with van der Waals surface area (Å²) in [6, 6.07) is 5.18. The minimum absolute atomic E-state index is 0.0521. The molecule has 0 saturated heterocycles. The van der Waals surface area contributed by atoms with Gasteiger partial charge in [0.25, 0.3) is 0 Å². The fraction of sp³-hybridized carbons (Fsp3) is 0.333. The first-order chi connectivity index (χ1) is 9.88. The average molecular weight is 292 g/mol. The number of rotatable bonds is 5. The Kier molecular flexibility index (Phi) is 4.26. The van der Waals surface area contributed by atoms with Gasteiger partial charge in [0.1, 0.15) is 18.4 Å². The van der Waals surface area contributed by atoms with Crippen LogP contribution in [0, 0.1) is 11.7 Å². The molecule has 112 valence electrons. The second-order valence-electron chi connectivity index (χ2n) is 5.27. The molecule has 1 atom stereocenters. The SMILES string of the molecule is CC(C)C(NC(=O)Cn1ccc2ccc(F)cc21)C(=O)O. The zero-order valence-corrected chi connectivity index (χ0v) is 11.8. The Morgan fingerprint density at radius 1 is 1.33 bits per heavy atom. The highest BCUT2D eigenvalue weighted by molar-refractivity contribution is 5.86. The van der Waals surface area contributed by atoms with E-state index >= 15 is 0 Å². The molecule has 2 rings (SSSR count). The summed E-state index contributed by atoms with van der Waals surface area (Å²) in [7, 11) is 0. The number of hydrogen-bond acceptors (Lipinski definition) is 2. The lowest BCUT2D eigenvalue weighted by Crippen LogP contribution is -2.45. The van der Waals surface area contributed by atoms with Gasteiger partial charge in [0.05, 0.1) is 5.52 Å². The van der Waals surface area contributed by atoms with Gasteiger partial charge in [-0.05, 0) is 35.6 Å². The van der Waals surface area contributed by atoms with Gasteiger partial charge in [-0.25, -0.2) is 9.18 Å². The molecule has 0 spiro atoms. The van der Waals surface area contributed by atoms with E-state index in [-0.39, 0.29) is 18.3 Å². The van der Waals surface area contributed by atoms with Crippen LogP contribution in [-0.4, -0.2) is 27.6 Å². The number of nitrogens with zero attached hydrogens (tertiary/aromatic N) is 1. The molecule has 0 radical (unpaired) electrons. The van der Waals surface area contributed by atoms with E-state index in [4.69, 9.17) is 5.11 Å². The van der Waals surface area contributed by atoms with E-state index in [0.29, 0.717) is 5.52 Å². The van der Waals surface area contributed by atoms with Crippen molar-refractivity contribution < 1.29 is 19.1 Å². The molecule has 1 amide bonds. The topological polar surface area (TPSA) is 71.3 Å². The van der Waals surface area contributed by atoms with E-state index in [1.54, 1.807) is 36.7 Å². The molecular weight excluding hydrogens is 275 g/mol. The Labute approximate surface area is 121 Å². The van der Waals surface area contributed by atoms with Crippen LogP contribution in [0.1, 0.15) is 13.8 Å². The van der Waals surface area contributed by atoms with Crippen LogP contribution in [-0.2, 0) is 16.1 Å². The van der Waals surface area contributed by atoms with Crippen LogP contribution in [0.4, 0.5) is 4.39 Å². The minimum Gasteiger partial charge on any atom is -0.480 e. The Bertz CT molecular complexity index is 679. The summed E-state index contributed by atoms with van der Waals surface area (Å²) in [4.78, 5) is 23.0. The Morgan fingerprint density at radius 2 is 2.05 bits per heavy atom. The highest BCUT2D eigenvalue weighted by Crippen LogP contribution is 2.17. The van der Waals surface area contributed by atoms with Gasteiger partial charge in [-0.3, -0.25) is 4.79 Å². The molecule has 6 heteroatoms. The molecule has 0 saturated carbocycles. The molecule has 0 fully saturated rings. The molecule has 0 aliphatic rings. The minimum atomic E-state index is -1.07. The standard InChI is InChI=1S/C15H17FN2O3/c1-9(2)14(15(20)21)17-13(19)8-18-6-5-10-3-4-11(16)7-12(10)18/h3-7,9,14H,8H2,1-2H3,(H,17,19)(H,20,21). The highest BCUT2D eigenvalue weighted by Gasteiger charge is 2.23. The van der Waals surface area contributed by atoms with Crippen molar-refractivity contribution in [1.29, 1.82) is 0 Å². The zero-order chi connectivity index (χ0) is 15.6. The lowest BCUT2D eigenvalue weighted by Gasteiger charge is -2.18. The van der Waals surface area contributed by atoms with E-state index in [9.17, 15) is 14.0 Å².